The van der Waals surface area contributed by atoms with Crippen molar-refractivity contribution in [3.8, 4) is 0 Å². The molecule has 4 rings (SSSR count). The maximum Gasteiger partial charge on any atom is 0.255 e. The van der Waals surface area contributed by atoms with Crippen molar-refractivity contribution in [2.45, 2.75) is 42.4 Å². The zero-order valence-corrected chi connectivity index (χ0v) is 18.6. The molecule has 0 heterocycles. The van der Waals surface area contributed by atoms with Gasteiger partial charge in [-0.05, 0) is 55.2 Å². The summed E-state index contributed by atoms with van der Waals surface area (Å²) < 4.78 is 66.7. The summed E-state index contributed by atoms with van der Waals surface area (Å²) in [7, 11) is -3.91. The normalized spacial score (nSPS) is 27.4. The number of hydrogen-bond donors (Lipinski definition) is 2. The molecule has 2 aliphatic carbocycles. The molecule has 0 saturated heterocycles. The number of carbonyl (C=O) groups excluding carboxylic acids is 1. The van der Waals surface area contributed by atoms with Crippen molar-refractivity contribution >= 4 is 33.0 Å². The van der Waals surface area contributed by atoms with E-state index in [-0.39, 0.29) is 38.9 Å². The van der Waals surface area contributed by atoms with Crippen LogP contribution in [0.4, 0.5) is 18.9 Å². The molecule has 0 aliphatic heterocycles. The first-order valence-corrected chi connectivity index (χ1v) is 12.1. The topological polar surface area (TPSA) is 83.5 Å². The van der Waals surface area contributed by atoms with Crippen molar-refractivity contribution < 1.29 is 31.5 Å². The molecule has 2 fully saturated rings. The maximum atomic E-state index is 13.4. The highest BCUT2D eigenvalue weighted by atomic mass is 35.5. The average molecular weight is 488 g/mol. The molecule has 5 nitrogen and oxygen atoms in total. The van der Waals surface area contributed by atoms with Gasteiger partial charge in [0, 0.05) is 23.4 Å². The first-order valence-electron chi connectivity index (χ1n) is 10.2. The number of benzene rings is 2. The third kappa shape index (κ3) is 4.02. The molecule has 1 amide bonds. The summed E-state index contributed by atoms with van der Waals surface area (Å²) in [6, 6.07) is 4.91. The summed E-state index contributed by atoms with van der Waals surface area (Å²) in [6.07, 6.45) is 0.868. The Balaban J connectivity index is 1.61. The SMILES string of the molecule is C[C@H]1CC2C[C@@H](S(=O)(=O)c3cc(C(=O)Nc4cc(F)c(F)c(F)c4)ccc3Cl)C[C@H]1C2O. The van der Waals surface area contributed by atoms with E-state index in [0.29, 0.717) is 25.0 Å². The van der Waals surface area contributed by atoms with Crippen molar-refractivity contribution in [3.05, 3.63) is 58.4 Å². The lowest BCUT2D eigenvalue weighted by Gasteiger charge is -2.32. The number of fused-ring (bicyclic) bond motifs is 2. The van der Waals surface area contributed by atoms with Crippen LogP contribution in [0.5, 0.6) is 0 Å². The largest absolute Gasteiger partial charge is 0.393 e. The zero-order valence-electron chi connectivity index (χ0n) is 17.0. The van der Waals surface area contributed by atoms with Crippen molar-refractivity contribution in [2.24, 2.45) is 17.8 Å². The fourth-order valence-corrected chi connectivity index (χ4v) is 7.36. The lowest BCUT2D eigenvalue weighted by molar-refractivity contribution is 0.0552. The van der Waals surface area contributed by atoms with Gasteiger partial charge in [0.05, 0.1) is 21.3 Å². The molecule has 0 radical (unpaired) electrons. The van der Waals surface area contributed by atoms with Gasteiger partial charge in [0.15, 0.2) is 27.3 Å². The van der Waals surface area contributed by atoms with Crippen LogP contribution in [0.25, 0.3) is 0 Å². The molecule has 2 aliphatic rings. The fraction of sp³-hybridized carbons (Fsp3) is 0.409. The first kappa shape index (κ1) is 23.1. The van der Waals surface area contributed by atoms with E-state index < -0.39 is 44.5 Å². The number of anilines is 1. The van der Waals surface area contributed by atoms with Crippen molar-refractivity contribution in [2.75, 3.05) is 5.32 Å². The third-order valence-electron chi connectivity index (χ3n) is 6.61. The molecule has 2 saturated carbocycles. The van der Waals surface area contributed by atoms with Gasteiger partial charge < -0.3 is 10.4 Å². The maximum absolute atomic E-state index is 13.4. The second kappa shape index (κ2) is 8.35. The number of sulfone groups is 1. The van der Waals surface area contributed by atoms with Crippen molar-refractivity contribution in [1.29, 1.82) is 0 Å². The summed E-state index contributed by atoms with van der Waals surface area (Å²) in [4.78, 5) is 12.4. The highest BCUT2D eigenvalue weighted by Crippen LogP contribution is 2.48. The Labute approximate surface area is 188 Å². The van der Waals surface area contributed by atoms with E-state index in [4.69, 9.17) is 11.6 Å². The minimum atomic E-state index is -3.91. The number of halogens is 4. The zero-order chi connectivity index (χ0) is 23.4. The Morgan fingerprint density at radius 1 is 1.09 bits per heavy atom. The number of nitrogens with one attached hydrogen (secondary N) is 1. The van der Waals surface area contributed by atoms with Crippen LogP contribution >= 0.6 is 11.6 Å². The Morgan fingerprint density at radius 3 is 2.38 bits per heavy atom. The quantitative estimate of drug-likeness (QED) is 0.618. The van der Waals surface area contributed by atoms with Crippen LogP contribution in [-0.4, -0.2) is 30.8 Å². The van der Waals surface area contributed by atoms with Crippen LogP contribution in [0.2, 0.25) is 5.02 Å². The molecule has 0 spiro atoms. The smallest absolute Gasteiger partial charge is 0.255 e. The number of hydrogen-bond acceptors (Lipinski definition) is 4. The van der Waals surface area contributed by atoms with Crippen LogP contribution in [0, 0.1) is 35.2 Å². The van der Waals surface area contributed by atoms with Crippen LogP contribution in [0.3, 0.4) is 0 Å². The van der Waals surface area contributed by atoms with E-state index in [2.05, 4.69) is 5.32 Å². The molecule has 2 aromatic rings. The van der Waals surface area contributed by atoms with Gasteiger partial charge in [0.1, 0.15) is 0 Å². The molecule has 2 N–H and O–H groups in total. The molecule has 172 valence electrons. The Morgan fingerprint density at radius 2 is 1.75 bits per heavy atom. The van der Waals surface area contributed by atoms with Gasteiger partial charge in [-0.25, -0.2) is 21.6 Å². The number of aliphatic hydroxyl groups excluding tert-OH is 1. The number of rotatable bonds is 4. The van der Waals surface area contributed by atoms with Gasteiger partial charge in [-0.3, -0.25) is 4.79 Å². The minimum Gasteiger partial charge on any atom is -0.393 e. The van der Waals surface area contributed by atoms with E-state index in [1.165, 1.54) is 12.1 Å². The standard InChI is InChI=1S/C22H21ClF3NO4S/c1-10-4-12-5-14(9-15(10)21(12)28)32(30,31)19-6-11(2-3-16(19)23)22(29)27-13-7-17(24)20(26)18(25)8-13/h2-3,6-8,10,12,14-15,21,28H,4-5,9H2,1H3,(H,27,29)/t10-,12?,14+,15+,21?/m0/s1. The predicted octanol–water partition coefficient (Wildman–Crippen LogP) is 4.58. The summed E-state index contributed by atoms with van der Waals surface area (Å²) in [5.41, 5.74) is -0.414. The van der Waals surface area contributed by atoms with E-state index in [0.717, 1.165) is 12.5 Å². The highest BCUT2D eigenvalue weighted by Gasteiger charge is 2.49. The van der Waals surface area contributed by atoms with Crippen molar-refractivity contribution in [3.63, 3.8) is 0 Å². The molecule has 10 heteroatoms. The molecular formula is C22H21ClF3NO4S. The number of carbonyl (C=O) groups is 1. The molecular weight excluding hydrogens is 467 g/mol. The van der Waals surface area contributed by atoms with E-state index in [1.807, 2.05) is 6.92 Å². The molecule has 5 atom stereocenters. The number of amides is 1. The summed E-state index contributed by atoms with van der Waals surface area (Å²) in [5.74, 6) is -5.43. The van der Waals surface area contributed by atoms with Crippen LogP contribution < -0.4 is 5.32 Å². The molecule has 0 aromatic heterocycles. The summed E-state index contributed by atoms with van der Waals surface area (Å²) in [5, 5.41) is 11.8. The van der Waals surface area contributed by atoms with Gasteiger partial charge in [-0.1, -0.05) is 18.5 Å². The third-order valence-corrected chi connectivity index (χ3v) is 9.26. The summed E-state index contributed by atoms with van der Waals surface area (Å²) >= 11 is 6.17. The lowest BCUT2D eigenvalue weighted by Crippen LogP contribution is -2.38. The van der Waals surface area contributed by atoms with Gasteiger partial charge >= 0.3 is 0 Å². The molecule has 32 heavy (non-hydrogen) atoms. The number of aliphatic hydroxyl groups is 1. The Bertz CT molecular complexity index is 1170. The van der Waals surface area contributed by atoms with E-state index in [1.54, 1.807) is 0 Å². The van der Waals surface area contributed by atoms with Gasteiger partial charge in [-0.15, -0.1) is 0 Å². The van der Waals surface area contributed by atoms with Gasteiger partial charge in [-0.2, -0.15) is 0 Å². The minimum absolute atomic E-state index is 0.0491. The average Bonchev–Trinajstić information content (AvgIpc) is 2.87. The monoisotopic (exact) mass is 487 g/mol. The second-order valence-electron chi connectivity index (χ2n) is 8.62. The summed E-state index contributed by atoms with van der Waals surface area (Å²) in [6.45, 7) is 2.00. The van der Waals surface area contributed by atoms with Crippen LogP contribution in [0.1, 0.15) is 36.5 Å². The predicted molar refractivity (Wildman–Crippen MR) is 113 cm³/mol. The van der Waals surface area contributed by atoms with E-state index in [9.17, 15) is 31.5 Å². The molecule has 2 unspecified atom stereocenters. The van der Waals surface area contributed by atoms with Gasteiger partial charge in [0.2, 0.25) is 0 Å². The lowest BCUT2D eigenvalue weighted by atomic mass is 9.84. The van der Waals surface area contributed by atoms with E-state index >= 15 is 0 Å². The van der Waals surface area contributed by atoms with Crippen molar-refractivity contribution in [1.82, 2.24) is 0 Å². The molecule has 2 bridgehead atoms. The Hall–Kier alpha value is -2.10. The molecule has 2 aromatic carbocycles. The second-order valence-corrected chi connectivity index (χ2v) is 11.2. The van der Waals surface area contributed by atoms with Gasteiger partial charge in [0.25, 0.3) is 5.91 Å². The highest BCUT2D eigenvalue weighted by molar-refractivity contribution is 7.92. The van der Waals surface area contributed by atoms with Crippen LogP contribution in [0.15, 0.2) is 35.2 Å². The van der Waals surface area contributed by atoms with Crippen LogP contribution in [-0.2, 0) is 9.84 Å². The Kier molecular flexibility index (Phi) is 6.02. The first-order chi connectivity index (χ1) is 15.0. The fourth-order valence-electron chi connectivity index (χ4n) is 4.95.